The molecule has 1 aliphatic heterocycles. The Morgan fingerprint density at radius 3 is 2.73 bits per heavy atom. The van der Waals surface area contributed by atoms with Crippen molar-refractivity contribution < 1.29 is 14.3 Å². The molecule has 1 saturated heterocycles. The van der Waals surface area contributed by atoms with Gasteiger partial charge in [-0.3, -0.25) is 9.69 Å². The zero-order valence-electron chi connectivity index (χ0n) is 18.4. The highest BCUT2D eigenvalue weighted by Gasteiger charge is 2.09. The highest BCUT2D eigenvalue weighted by molar-refractivity contribution is 14.0. The zero-order chi connectivity index (χ0) is 20.9. The summed E-state index contributed by atoms with van der Waals surface area (Å²) in [4.78, 5) is 20.3. The van der Waals surface area contributed by atoms with Crippen LogP contribution in [0.1, 0.15) is 18.9 Å². The maximum absolute atomic E-state index is 11.7. The molecule has 1 amide bonds. The van der Waals surface area contributed by atoms with Crippen LogP contribution in [0.4, 0.5) is 0 Å². The van der Waals surface area contributed by atoms with E-state index in [9.17, 15) is 4.79 Å². The zero-order valence-corrected chi connectivity index (χ0v) is 20.7. The highest BCUT2D eigenvalue weighted by atomic mass is 127. The molecule has 30 heavy (non-hydrogen) atoms. The first-order valence-electron chi connectivity index (χ1n) is 10.3. The number of nitrogens with zero attached hydrogens (tertiary/aromatic N) is 3. The van der Waals surface area contributed by atoms with Gasteiger partial charge in [-0.15, -0.1) is 24.0 Å². The minimum atomic E-state index is -0.0656. The molecule has 1 fully saturated rings. The molecule has 0 atom stereocenters. The van der Waals surface area contributed by atoms with E-state index in [-0.39, 0.29) is 36.5 Å². The van der Waals surface area contributed by atoms with Crippen molar-refractivity contribution in [3.8, 4) is 5.75 Å². The standard InChI is InChI=1S/C21H35N5O3.HI/c1-4-22-21(23-9-6-10-26-11-13-28-14-12-26)24-16-18-7-5-8-19(15-18)29-17-20(27)25(2)3;/h5,7-8,15H,4,6,9-14,16-17H2,1-3H3,(H2,22,23,24);1H. The Hall–Kier alpha value is -1.59. The number of hydrogen-bond donors (Lipinski definition) is 2. The van der Waals surface area contributed by atoms with Gasteiger partial charge in [-0.05, 0) is 37.6 Å². The van der Waals surface area contributed by atoms with Crippen LogP contribution in [0, 0.1) is 0 Å². The average Bonchev–Trinajstić information content (AvgIpc) is 2.74. The first-order valence-corrected chi connectivity index (χ1v) is 10.3. The molecular weight excluding hydrogens is 497 g/mol. The molecule has 0 radical (unpaired) electrons. The minimum Gasteiger partial charge on any atom is -0.484 e. The van der Waals surface area contributed by atoms with E-state index in [1.165, 1.54) is 4.90 Å². The number of carbonyl (C=O) groups is 1. The van der Waals surface area contributed by atoms with Crippen molar-refractivity contribution in [1.82, 2.24) is 20.4 Å². The number of likely N-dealkylation sites (N-methyl/N-ethyl adjacent to an activating group) is 1. The van der Waals surface area contributed by atoms with Crippen LogP contribution in [0.3, 0.4) is 0 Å². The Bertz CT molecular complexity index is 651. The molecular formula is C21H36IN5O3. The molecule has 2 N–H and O–H groups in total. The van der Waals surface area contributed by atoms with Gasteiger partial charge in [0.2, 0.25) is 0 Å². The number of ether oxygens (including phenoxy) is 2. The molecule has 1 aromatic rings. The smallest absolute Gasteiger partial charge is 0.259 e. The normalized spacial score (nSPS) is 14.6. The van der Waals surface area contributed by atoms with Gasteiger partial charge >= 0.3 is 0 Å². The highest BCUT2D eigenvalue weighted by Crippen LogP contribution is 2.14. The first-order chi connectivity index (χ1) is 14.1. The molecule has 8 nitrogen and oxygen atoms in total. The Morgan fingerprint density at radius 2 is 2.03 bits per heavy atom. The van der Waals surface area contributed by atoms with E-state index >= 15 is 0 Å². The largest absolute Gasteiger partial charge is 0.484 e. The van der Waals surface area contributed by atoms with Crippen LogP contribution in [0.5, 0.6) is 5.75 Å². The third-order valence-electron chi connectivity index (χ3n) is 4.57. The van der Waals surface area contributed by atoms with Gasteiger partial charge in [0.25, 0.3) is 5.91 Å². The van der Waals surface area contributed by atoms with Gasteiger partial charge in [0, 0.05) is 40.3 Å². The fourth-order valence-electron chi connectivity index (χ4n) is 2.85. The molecule has 2 rings (SSSR count). The maximum Gasteiger partial charge on any atom is 0.259 e. The number of nitrogens with one attached hydrogen (secondary N) is 2. The van der Waals surface area contributed by atoms with E-state index in [1.807, 2.05) is 24.3 Å². The third-order valence-corrected chi connectivity index (χ3v) is 4.57. The van der Waals surface area contributed by atoms with Crippen LogP contribution in [-0.4, -0.2) is 88.3 Å². The van der Waals surface area contributed by atoms with E-state index in [2.05, 4.69) is 27.4 Å². The van der Waals surface area contributed by atoms with Gasteiger partial charge in [0.1, 0.15) is 5.75 Å². The summed E-state index contributed by atoms with van der Waals surface area (Å²) >= 11 is 0. The van der Waals surface area contributed by atoms with Gasteiger partial charge < -0.3 is 25.0 Å². The Balaban J connectivity index is 0.00000450. The number of rotatable bonds is 10. The van der Waals surface area contributed by atoms with E-state index in [0.717, 1.165) is 63.9 Å². The van der Waals surface area contributed by atoms with Crippen LogP contribution in [0.25, 0.3) is 0 Å². The average molecular weight is 533 g/mol. The number of morpholine rings is 1. The van der Waals surface area contributed by atoms with Crippen LogP contribution in [0.15, 0.2) is 29.3 Å². The summed E-state index contributed by atoms with van der Waals surface area (Å²) in [6.07, 6.45) is 1.06. The number of aliphatic imine (C=N–C) groups is 1. The van der Waals surface area contributed by atoms with Crippen LogP contribution >= 0.6 is 24.0 Å². The van der Waals surface area contributed by atoms with Crippen molar-refractivity contribution in [2.75, 3.05) is 66.6 Å². The van der Waals surface area contributed by atoms with Gasteiger partial charge in [-0.1, -0.05) is 12.1 Å². The number of guanidine groups is 1. The number of carbonyl (C=O) groups excluding carboxylic acids is 1. The fourth-order valence-corrected chi connectivity index (χ4v) is 2.85. The van der Waals surface area contributed by atoms with Crippen LogP contribution in [-0.2, 0) is 16.1 Å². The van der Waals surface area contributed by atoms with Crippen LogP contribution < -0.4 is 15.4 Å². The Labute approximate surface area is 197 Å². The minimum absolute atomic E-state index is 0. The maximum atomic E-state index is 11.7. The molecule has 0 spiro atoms. The molecule has 170 valence electrons. The van der Waals surface area contributed by atoms with Crippen LogP contribution in [0.2, 0.25) is 0 Å². The van der Waals surface area contributed by atoms with Gasteiger partial charge in [-0.25, -0.2) is 4.99 Å². The molecule has 0 bridgehead atoms. The lowest BCUT2D eigenvalue weighted by molar-refractivity contribution is -0.130. The second kappa shape index (κ2) is 15.2. The van der Waals surface area contributed by atoms with Gasteiger partial charge in [-0.2, -0.15) is 0 Å². The summed E-state index contributed by atoms with van der Waals surface area (Å²) in [6, 6.07) is 7.70. The summed E-state index contributed by atoms with van der Waals surface area (Å²) in [5.74, 6) is 1.42. The summed E-state index contributed by atoms with van der Waals surface area (Å²) in [6.45, 7) is 9.10. The second-order valence-electron chi connectivity index (χ2n) is 7.15. The van der Waals surface area contributed by atoms with Gasteiger partial charge in [0.05, 0.1) is 19.8 Å². The lowest BCUT2D eigenvalue weighted by Crippen LogP contribution is -2.40. The van der Waals surface area contributed by atoms with Crippen molar-refractivity contribution in [1.29, 1.82) is 0 Å². The molecule has 0 aliphatic carbocycles. The molecule has 9 heteroatoms. The van der Waals surface area contributed by atoms with E-state index in [4.69, 9.17) is 9.47 Å². The summed E-state index contributed by atoms with van der Waals surface area (Å²) in [5.41, 5.74) is 1.03. The van der Waals surface area contributed by atoms with Crippen molar-refractivity contribution in [3.05, 3.63) is 29.8 Å². The molecule has 0 aromatic heterocycles. The van der Waals surface area contributed by atoms with E-state index < -0.39 is 0 Å². The second-order valence-corrected chi connectivity index (χ2v) is 7.15. The fraction of sp³-hybridized carbons (Fsp3) is 0.619. The summed E-state index contributed by atoms with van der Waals surface area (Å²) < 4.78 is 11.0. The molecule has 0 unspecified atom stereocenters. The first kappa shape index (κ1) is 26.4. The van der Waals surface area contributed by atoms with E-state index in [1.54, 1.807) is 14.1 Å². The van der Waals surface area contributed by atoms with E-state index in [0.29, 0.717) is 12.3 Å². The quantitative estimate of drug-likeness (QED) is 0.206. The van der Waals surface area contributed by atoms with Crippen molar-refractivity contribution in [2.45, 2.75) is 19.9 Å². The summed E-state index contributed by atoms with van der Waals surface area (Å²) in [7, 11) is 3.43. The number of benzene rings is 1. The SMILES string of the molecule is CCNC(=NCc1cccc(OCC(=O)N(C)C)c1)NCCCN1CCOCC1.I. The third kappa shape index (κ3) is 10.4. The number of halogens is 1. The molecule has 0 saturated carbocycles. The van der Waals surface area contributed by atoms with Crippen molar-refractivity contribution in [3.63, 3.8) is 0 Å². The molecule has 1 aliphatic rings. The summed E-state index contributed by atoms with van der Waals surface area (Å²) in [5, 5.41) is 6.68. The lowest BCUT2D eigenvalue weighted by Gasteiger charge is -2.26. The van der Waals surface area contributed by atoms with Crippen molar-refractivity contribution >= 4 is 35.8 Å². The number of hydrogen-bond acceptors (Lipinski definition) is 5. The number of amides is 1. The molecule has 1 aromatic carbocycles. The lowest BCUT2D eigenvalue weighted by atomic mass is 10.2. The topological polar surface area (TPSA) is 78.4 Å². The predicted octanol–water partition coefficient (Wildman–Crippen LogP) is 1.55. The monoisotopic (exact) mass is 533 g/mol. The Kier molecular flexibility index (Phi) is 13.4. The molecule has 1 heterocycles. The predicted molar refractivity (Wildman–Crippen MR) is 131 cm³/mol. The van der Waals surface area contributed by atoms with Crippen molar-refractivity contribution in [2.24, 2.45) is 4.99 Å². The Morgan fingerprint density at radius 1 is 1.27 bits per heavy atom. The van der Waals surface area contributed by atoms with Gasteiger partial charge in [0.15, 0.2) is 12.6 Å².